The normalized spacial score (nSPS) is 27.8. The predicted molar refractivity (Wildman–Crippen MR) is 48.6 cm³/mol. The Labute approximate surface area is 74.1 Å². The highest BCUT2D eigenvalue weighted by Crippen LogP contribution is 2.27. The molecular weight excluding hydrogens is 172 g/mol. The van der Waals surface area contributed by atoms with Crippen LogP contribution in [0, 0.1) is 0 Å². The lowest BCUT2D eigenvalue weighted by atomic mass is 10.3. The van der Waals surface area contributed by atoms with E-state index in [-0.39, 0.29) is 0 Å². The number of hydrogen-bond donors (Lipinski definition) is 0. The molecule has 0 saturated carbocycles. The van der Waals surface area contributed by atoms with Crippen LogP contribution in [0.4, 0.5) is 0 Å². The summed E-state index contributed by atoms with van der Waals surface area (Å²) < 4.78 is 16.6. The Kier molecular flexibility index (Phi) is 1.89. The first-order valence-corrected chi connectivity index (χ1v) is 5.18. The molecule has 0 bridgehead atoms. The highest BCUT2D eigenvalue weighted by Gasteiger charge is 2.21. The molecule has 0 fully saturated rings. The van der Waals surface area contributed by atoms with Gasteiger partial charge in [-0.2, -0.15) is 0 Å². The first-order valence-electron chi connectivity index (χ1n) is 3.86. The second-order valence-corrected chi connectivity index (χ2v) is 4.26. The Hall–Kier alpha value is -0.830. The van der Waals surface area contributed by atoms with Gasteiger partial charge < -0.3 is 4.74 Å². The quantitative estimate of drug-likeness (QED) is 0.571. The highest BCUT2D eigenvalue weighted by molar-refractivity contribution is 7.89. The fourth-order valence-corrected chi connectivity index (χ4v) is 2.39. The SMILES string of the molecule is CC1=CC2=C(CC=C1)OCS2=O. The molecule has 0 aromatic carbocycles. The van der Waals surface area contributed by atoms with E-state index in [2.05, 4.69) is 0 Å². The Balaban J connectivity index is 2.43. The first-order chi connectivity index (χ1) is 5.77. The van der Waals surface area contributed by atoms with Gasteiger partial charge in [-0.25, -0.2) is 0 Å². The molecule has 0 N–H and O–H groups in total. The lowest BCUT2D eigenvalue weighted by Gasteiger charge is -1.95. The molecule has 1 aliphatic carbocycles. The zero-order valence-electron chi connectivity index (χ0n) is 6.87. The largest absolute Gasteiger partial charge is 0.483 e. The van der Waals surface area contributed by atoms with Crippen LogP contribution >= 0.6 is 0 Å². The molecule has 0 aromatic heterocycles. The number of ether oxygens (including phenoxy) is 1. The Bertz CT molecular complexity index is 323. The minimum atomic E-state index is -0.930. The summed E-state index contributed by atoms with van der Waals surface area (Å²) in [5.74, 6) is 1.21. The summed E-state index contributed by atoms with van der Waals surface area (Å²) >= 11 is 0. The molecule has 0 saturated heterocycles. The van der Waals surface area contributed by atoms with Gasteiger partial charge in [-0.3, -0.25) is 4.21 Å². The van der Waals surface area contributed by atoms with Gasteiger partial charge in [0.05, 0.1) is 15.7 Å². The number of hydrogen-bond acceptors (Lipinski definition) is 2. The van der Waals surface area contributed by atoms with Gasteiger partial charge in [0, 0.05) is 6.42 Å². The van der Waals surface area contributed by atoms with E-state index >= 15 is 0 Å². The molecule has 64 valence electrons. The average molecular weight is 182 g/mol. The second-order valence-electron chi connectivity index (χ2n) is 2.89. The molecule has 1 unspecified atom stereocenters. The van der Waals surface area contributed by atoms with Crippen molar-refractivity contribution in [3.63, 3.8) is 0 Å². The summed E-state index contributed by atoms with van der Waals surface area (Å²) in [5.41, 5.74) is 1.14. The predicted octanol–water partition coefficient (Wildman–Crippen LogP) is 1.84. The molecule has 1 heterocycles. The fraction of sp³-hybridized carbons (Fsp3) is 0.333. The van der Waals surface area contributed by atoms with Gasteiger partial charge in [-0.15, -0.1) is 0 Å². The van der Waals surface area contributed by atoms with Crippen molar-refractivity contribution in [3.8, 4) is 0 Å². The molecule has 0 amide bonds. The zero-order chi connectivity index (χ0) is 8.55. The average Bonchev–Trinajstić information content (AvgIpc) is 2.31. The standard InChI is InChI=1S/C9H10O2S/c1-7-3-2-4-8-9(5-7)12(10)6-11-8/h2-3,5H,4,6H2,1H3. The van der Waals surface area contributed by atoms with Gasteiger partial charge in [0.1, 0.15) is 5.76 Å². The molecule has 0 radical (unpaired) electrons. The van der Waals surface area contributed by atoms with E-state index in [0.29, 0.717) is 5.94 Å². The van der Waals surface area contributed by atoms with Crippen molar-refractivity contribution >= 4 is 10.8 Å². The maximum Gasteiger partial charge on any atom is 0.167 e. The van der Waals surface area contributed by atoms with Crippen LogP contribution in [-0.4, -0.2) is 10.1 Å². The van der Waals surface area contributed by atoms with Crippen molar-refractivity contribution in [2.24, 2.45) is 0 Å². The molecule has 1 aliphatic heterocycles. The number of allylic oxidation sites excluding steroid dienone is 4. The summed E-state index contributed by atoms with van der Waals surface area (Å²) in [5, 5.41) is 0. The monoisotopic (exact) mass is 182 g/mol. The lowest BCUT2D eigenvalue weighted by Crippen LogP contribution is -1.90. The second kappa shape index (κ2) is 2.90. The Morgan fingerprint density at radius 2 is 2.42 bits per heavy atom. The van der Waals surface area contributed by atoms with Gasteiger partial charge in [0.25, 0.3) is 0 Å². The van der Waals surface area contributed by atoms with Gasteiger partial charge >= 0.3 is 0 Å². The van der Waals surface area contributed by atoms with Gasteiger partial charge in [-0.05, 0) is 13.0 Å². The molecule has 2 rings (SSSR count). The molecule has 3 heteroatoms. The van der Waals surface area contributed by atoms with Crippen LogP contribution in [0.25, 0.3) is 0 Å². The van der Waals surface area contributed by atoms with Crippen molar-refractivity contribution in [1.82, 2.24) is 0 Å². The van der Waals surface area contributed by atoms with Gasteiger partial charge in [0.15, 0.2) is 5.94 Å². The van der Waals surface area contributed by atoms with Crippen LogP contribution in [0.1, 0.15) is 13.3 Å². The van der Waals surface area contributed by atoms with Crippen molar-refractivity contribution in [2.45, 2.75) is 13.3 Å². The van der Waals surface area contributed by atoms with E-state index in [9.17, 15) is 4.21 Å². The van der Waals surface area contributed by atoms with Crippen LogP contribution < -0.4 is 0 Å². The molecule has 2 aliphatic rings. The van der Waals surface area contributed by atoms with Crippen molar-refractivity contribution < 1.29 is 8.95 Å². The maximum atomic E-state index is 11.4. The van der Waals surface area contributed by atoms with Crippen LogP contribution in [0.5, 0.6) is 0 Å². The third-order valence-electron chi connectivity index (χ3n) is 1.90. The van der Waals surface area contributed by atoms with Crippen LogP contribution in [0.2, 0.25) is 0 Å². The van der Waals surface area contributed by atoms with Crippen molar-refractivity contribution in [3.05, 3.63) is 34.5 Å². The topological polar surface area (TPSA) is 26.3 Å². The van der Waals surface area contributed by atoms with E-state index in [1.54, 1.807) is 0 Å². The van der Waals surface area contributed by atoms with Gasteiger partial charge in [0.2, 0.25) is 0 Å². The van der Waals surface area contributed by atoms with Crippen molar-refractivity contribution in [1.29, 1.82) is 0 Å². The van der Waals surface area contributed by atoms with E-state index in [1.165, 1.54) is 0 Å². The highest BCUT2D eigenvalue weighted by atomic mass is 32.2. The number of rotatable bonds is 0. The molecule has 0 spiro atoms. The lowest BCUT2D eigenvalue weighted by molar-refractivity contribution is 0.272. The zero-order valence-corrected chi connectivity index (χ0v) is 7.69. The molecular formula is C9H10O2S. The van der Waals surface area contributed by atoms with Crippen LogP contribution in [0.15, 0.2) is 34.5 Å². The third kappa shape index (κ3) is 1.25. The summed E-state index contributed by atoms with van der Waals surface area (Å²) in [6.45, 7) is 2.00. The smallest absolute Gasteiger partial charge is 0.167 e. The molecule has 0 aromatic rings. The Morgan fingerprint density at radius 3 is 3.25 bits per heavy atom. The third-order valence-corrected chi connectivity index (χ3v) is 3.07. The van der Waals surface area contributed by atoms with Crippen molar-refractivity contribution in [2.75, 3.05) is 5.94 Å². The first kappa shape index (κ1) is 7.80. The Morgan fingerprint density at radius 1 is 1.58 bits per heavy atom. The van der Waals surface area contributed by atoms with Crippen LogP contribution in [0.3, 0.4) is 0 Å². The summed E-state index contributed by atoms with van der Waals surface area (Å²) in [7, 11) is -0.930. The van der Waals surface area contributed by atoms with E-state index < -0.39 is 10.8 Å². The van der Waals surface area contributed by atoms with E-state index in [0.717, 1.165) is 22.7 Å². The minimum Gasteiger partial charge on any atom is -0.483 e. The minimum absolute atomic E-state index is 0.336. The molecule has 12 heavy (non-hydrogen) atoms. The van der Waals surface area contributed by atoms with E-state index in [1.807, 2.05) is 25.2 Å². The fourth-order valence-electron chi connectivity index (χ4n) is 1.30. The summed E-state index contributed by atoms with van der Waals surface area (Å²) in [6.07, 6.45) is 6.78. The van der Waals surface area contributed by atoms with Crippen LogP contribution in [-0.2, 0) is 15.5 Å². The maximum absolute atomic E-state index is 11.4. The molecule has 2 nitrogen and oxygen atoms in total. The summed E-state index contributed by atoms with van der Waals surface area (Å²) in [4.78, 5) is 0.873. The van der Waals surface area contributed by atoms with Gasteiger partial charge in [-0.1, -0.05) is 17.7 Å². The summed E-state index contributed by atoms with van der Waals surface area (Å²) in [6, 6.07) is 0. The molecule has 1 atom stereocenters. The van der Waals surface area contributed by atoms with E-state index in [4.69, 9.17) is 4.74 Å².